The van der Waals surface area contributed by atoms with Crippen LogP contribution in [0.15, 0.2) is 48.5 Å². The molecule has 0 aliphatic heterocycles. The van der Waals surface area contributed by atoms with Crippen LogP contribution in [0.1, 0.15) is 56.2 Å². The number of benzene rings is 2. The fourth-order valence-corrected chi connectivity index (χ4v) is 2.89. The first-order valence-electron chi connectivity index (χ1n) is 8.32. The molecule has 0 unspecified atom stereocenters. The molecule has 0 aliphatic carbocycles. The zero-order valence-corrected chi connectivity index (χ0v) is 14.0. The summed E-state index contributed by atoms with van der Waals surface area (Å²) in [7, 11) is 0. The highest BCUT2D eigenvalue weighted by atomic mass is 16.3. The number of hydrogen-bond acceptors (Lipinski definition) is 2. The smallest absolute Gasteiger partial charge is 0.139 e. The van der Waals surface area contributed by atoms with Crippen molar-refractivity contribution >= 4 is 11.0 Å². The van der Waals surface area contributed by atoms with E-state index in [1.54, 1.807) is 0 Å². The van der Waals surface area contributed by atoms with Gasteiger partial charge < -0.3 is 9.67 Å². The molecule has 0 amide bonds. The van der Waals surface area contributed by atoms with Gasteiger partial charge in [-0.3, -0.25) is 0 Å². The average molecular weight is 308 g/mol. The number of hydrogen-bond donors (Lipinski definition) is 1. The molecule has 2 aromatic carbocycles. The number of nitrogens with zero attached hydrogens (tertiary/aromatic N) is 2. The van der Waals surface area contributed by atoms with E-state index >= 15 is 0 Å². The van der Waals surface area contributed by atoms with Gasteiger partial charge in [0.2, 0.25) is 0 Å². The van der Waals surface area contributed by atoms with Crippen LogP contribution in [0.2, 0.25) is 0 Å². The maximum absolute atomic E-state index is 10.3. The van der Waals surface area contributed by atoms with Gasteiger partial charge in [-0.1, -0.05) is 57.2 Å². The zero-order chi connectivity index (χ0) is 16.4. The molecule has 1 aromatic heterocycles. The van der Waals surface area contributed by atoms with Crippen molar-refractivity contribution in [3.05, 3.63) is 65.5 Å². The van der Waals surface area contributed by atoms with Crippen molar-refractivity contribution in [2.45, 2.75) is 45.8 Å². The lowest BCUT2D eigenvalue weighted by atomic mass is 10.0. The lowest BCUT2D eigenvalue weighted by Crippen LogP contribution is -2.09. The van der Waals surface area contributed by atoms with Crippen molar-refractivity contribution < 1.29 is 5.11 Å². The van der Waals surface area contributed by atoms with E-state index < -0.39 is 6.10 Å². The maximum Gasteiger partial charge on any atom is 0.139 e. The highest BCUT2D eigenvalue weighted by Crippen LogP contribution is 2.24. The van der Waals surface area contributed by atoms with Gasteiger partial charge in [0, 0.05) is 6.54 Å². The Kier molecular flexibility index (Phi) is 4.49. The molecule has 1 N–H and O–H groups in total. The molecule has 23 heavy (non-hydrogen) atoms. The van der Waals surface area contributed by atoms with Crippen molar-refractivity contribution in [3.8, 4) is 0 Å². The maximum atomic E-state index is 10.3. The van der Waals surface area contributed by atoms with Gasteiger partial charge in [0.25, 0.3) is 0 Å². The molecule has 0 bridgehead atoms. The van der Waals surface area contributed by atoms with E-state index in [2.05, 4.69) is 53.7 Å². The third-order valence-electron chi connectivity index (χ3n) is 4.36. The molecular formula is C20H24N2O. The second-order valence-corrected chi connectivity index (χ2v) is 6.37. The molecule has 0 saturated carbocycles. The third kappa shape index (κ3) is 3.15. The summed E-state index contributed by atoms with van der Waals surface area (Å²) in [5.74, 6) is 1.29. The second-order valence-electron chi connectivity index (χ2n) is 6.37. The zero-order valence-electron chi connectivity index (χ0n) is 14.0. The monoisotopic (exact) mass is 308 g/mol. The Morgan fingerprint density at radius 1 is 1.04 bits per heavy atom. The molecule has 1 atom stereocenters. The van der Waals surface area contributed by atoms with E-state index in [0.717, 1.165) is 23.4 Å². The highest BCUT2D eigenvalue weighted by molar-refractivity contribution is 5.76. The van der Waals surface area contributed by atoms with Crippen molar-refractivity contribution in [2.75, 3.05) is 0 Å². The summed E-state index contributed by atoms with van der Waals surface area (Å²) in [6, 6.07) is 16.8. The molecule has 120 valence electrons. The topological polar surface area (TPSA) is 38.1 Å². The van der Waals surface area contributed by atoms with Gasteiger partial charge in [-0.2, -0.15) is 0 Å². The minimum absolute atomic E-state index is 0.530. The van der Waals surface area contributed by atoms with Crippen LogP contribution in [0.3, 0.4) is 0 Å². The van der Waals surface area contributed by atoms with Crippen LogP contribution in [0, 0.1) is 0 Å². The number of rotatable bonds is 5. The van der Waals surface area contributed by atoms with Crippen LogP contribution in [-0.2, 0) is 6.54 Å². The molecule has 3 aromatic rings. The molecule has 1 heterocycles. The van der Waals surface area contributed by atoms with Crippen molar-refractivity contribution in [3.63, 3.8) is 0 Å². The SMILES string of the molecule is CC[C@H](O)c1nc2ccccc2n1Cc1ccc(C(C)C)cc1. The van der Waals surface area contributed by atoms with E-state index in [-0.39, 0.29) is 0 Å². The fraction of sp³-hybridized carbons (Fsp3) is 0.350. The molecule has 3 rings (SSSR count). The molecule has 0 spiro atoms. The van der Waals surface area contributed by atoms with Crippen LogP contribution in [0.4, 0.5) is 0 Å². The molecule has 0 radical (unpaired) electrons. The molecule has 3 nitrogen and oxygen atoms in total. The average Bonchev–Trinajstić information content (AvgIpc) is 2.93. The van der Waals surface area contributed by atoms with Gasteiger partial charge in [0.1, 0.15) is 11.9 Å². The summed E-state index contributed by atoms with van der Waals surface area (Å²) in [6.07, 6.45) is 0.132. The molecular weight excluding hydrogens is 284 g/mol. The molecule has 0 fully saturated rings. The Morgan fingerprint density at radius 3 is 2.39 bits per heavy atom. The van der Waals surface area contributed by atoms with E-state index in [9.17, 15) is 5.11 Å². The van der Waals surface area contributed by atoms with Crippen LogP contribution < -0.4 is 0 Å². The Hall–Kier alpha value is -2.13. The fourth-order valence-electron chi connectivity index (χ4n) is 2.89. The second kappa shape index (κ2) is 6.55. The van der Waals surface area contributed by atoms with Gasteiger partial charge >= 0.3 is 0 Å². The van der Waals surface area contributed by atoms with Crippen LogP contribution in [0.25, 0.3) is 11.0 Å². The predicted molar refractivity (Wildman–Crippen MR) is 94.6 cm³/mol. The summed E-state index contributed by atoms with van der Waals surface area (Å²) >= 11 is 0. The first kappa shape index (κ1) is 15.8. The van der Waals surface area contributed by atoms with Gasteiger partial charge in [-0.25, -0.2) is 4.98 Å². The van der Waals surface area contributed by atoms with Crippen molar-refractivity contribution in [1.82, 2.24) is 9.55 Å². The number of fused-ring (bicyclic) bond motifs is 1. The molecule has 0 saturated heterocycles. The first-order valence-corrected chi connectivity index (χ1v) is 8.32. The van der Waals surface area contributed by atoms with Gasteiger partial charge in [-0.05, 0) is 35.6 Å². The highest BCUT2D eigenvalue weighted by Gasteiger charge is 2.16. The summed E-state index contributed by atoms with van der Waals surface area (Å²) in [6.45, 7) is 7.11. The lowest BCUT2D eigenvalue weighted by molar-refractivity contribution is 0.160. The largest absolute Gasteiger partial charge is 0.385 e. The minimum atomic E-state index is -0.530. The Morgan fingerprint density at radius 2 is 1.74 bits per heavy atom. The first-order chi connectivity index (χ1) is 11.1. The summed E-state index contributed by atoms with van der Waals surface area (Å²) in [4.78, 5) is 4.64. The van der Waals surface area contributed by atoms with Crippen molar-refractivity contribution in [2.24, 2.45) is 0 Å². The van der Waals surface area contributed by atoms with Crippen LogP contribution in [0.5, 0.6) is 0 Å². The molecule has 0 aliphatic rings. The Balaban J connectivity index is 2.00. The number of para-hydroxylation sites is 2. The van der Waals surface area contributed by atoms with Gasteiger partial charge in [0.05, 0.1) is 11.0 Å². The van der Waals surface area contributed by atoms with E-state index in [1.165, 1.54) is 11.1 Å². The van der Waals surface area contributed by atoms with Gasteiger partial charge in [0.15, 0.2) is 0 Å². The number of aromatic nitrogens is 2. The summed E-state index contributed by atoms with van der Waals surface area (Å²) in [5.41, 5.74) is 4.58. The van der Waals surface area contributed by atoms with E-state index in [1.807, 2.05) is 25.1 Å². The number of aliphatic hydroxyl groups excluding tert-OH is 1. The number of imidazole rings is 1. The van der Waals surface area contributed by atoms with Crippen molar-refractivity contribution in [1.29, 1.82) is 0 Å². The summed E-state index contributed by atoms with van der Waals surface area (Å²) in [5, 5.41) is 10.3. The van der Waals surface area contributed by atoms with Crippen LogP contribution in [-0.4, -0.2) is 14.7 Å². The third-order valence-corrected chi connectivity index (χ3v) is 4.36. The van der Waals surface area contributed by atoms with Crippen LogP contribution >= 0.6 is 0 Å². The quantitative estimate of drug-likeness (QED) is 0.745. The van der Waals surface area contributed by atoms with E-state index in [4.69, 9.17) is 0 Å². The Labute approximate surface area is 137 Å². The lowest BCUT2D eigenvalue weighted by Gasteiger charge is -2.13. The predicted octanol–water partition coefficient (Wildman–Crippen LogP) is 4.65. The molecule has 3 heteroatoms. The van der Waals surface area contributed by atoms with E-state index in [0.29, 0.717) is 12.3 Å². The Bertz CT molecular complexity index is 787. The summed E-state index contributed by atoms with van der Waals surface area (Å²) < 4.78 is 2.13. The minimum Gasteiger partial charge on any atom is -0.385 e. The van der Waals surface area contributed by atoms with Gasteiger partial charge in [-0.15, -0.1) is 0 Å². The standard InChI is InChI=1S/C20H24N2O/c1-4-19(23)20-21-17-7-5-6-8-18(17)22(20)13-15-9-11-16(12-10-15)14(2)3/h5-12,14,19,23H,4,13H2,1-3H3/t19-/m0/s1. The number of aliphatic hydroxyl groups is 1. The normalized spacial score (nSPS) is 12.9.